The second-order valence-electron chi connectivity index (χ2n) is 2.47. The van der Waals surface area contributed by atoms with E-state index in [1.165, 1.54) is 0 Å². The van der Waals surface area contributed by atoms with Crippen molar-refractivity contribution in [1.29, 1.82) is 0 Å². The molecular weight excluding hydrogens is 172 g/mol. The van der Waals surface area contributed by atoms with Crippen LogP contribution in [0, 0.1) is 6.92 Å². The van der Waals surface area contributed by atoms with Gasteiger partial charge in [-0.05, 0) is 19.1 Å². The predicted molar refractivity (Wildman–Crippen MR) is 45.0 cm³/mol. The molecule has 70 valence electrons. The van der Waals surface area contributed by atoms with E-state index in [9.17, 15) is 4.79 Å². The van der Waals surface area contributed by atoms with Crippen LogP contribution in [0.15, 0.2) is 24.3 Å². The van der Waals surface area contributed by atoms with Crippen molar-refractivity contribution in [3.05, 3.63) is 29.8 Å². The quantitative estimate of drug-likeness (QED) is 0.553. The van der Waals surface area contributed by atoms with Crippen molar-refractivity contribution >= 4 is 6.47 Å². The van der Waals surface area contributed by atoms with Gasteiger partial charge in [-0.2, -0.15) is 0 Å². The van der Waals surface area contributed by atoms with Gasteiger partial charge in [-0.1, -0.05) is 17.7 Å². The van der Waals surface area contributed by atoms with Gasteiger partial charge in [-0.25, -0.2) is 0 Å². The molecule has 0 aliphatic carbocycles. The summed E-state index contributed by atoms with van der Waals surface area (Å²) in [5, 5.41) is 8.90. The van der Waals surface area contributed by atoms with E-state index in [0.717, 1.165) is 5.56 Å². The minimum atomic E-state index is -1.54. The van der Waals surface area contributed by atoms with Crippen LogP contribution in [0.4, 0.5) is 0 Å². The first-order chi connectivity index (χ1) is 6.22. The lowest BCUT2D eigenvalue weighted by Crippen LogP contribution is -2.18. The zero-order valence-corrected chi connectivity index (χ0v) is 7.14. The minimum absolute atomic E-state index is 0.124. The van der Waals surface area contributed by atoms with Gasteiger partial charge in [0.05, 0.1) is 0 Å². The summed E-state index contributed by atoms with van der Waals surface area (Å²) < 4.78 is 8.94. The van der Waals surface area contributed by atoms with E-state index < -0.39 is 6.48 Å². The van der Waals surface area contributed by atoms with Crippen molar-refractivity contribution in [3.8, 4) is 5.75 Å². The van der Waals surface area contributed by atoms with Gasteiger partial charge in [0.1, 0.15) is 5.75 Å². The number of hydrogen-bond acceptors (Lipinski definition) is 4. The van der Waals surface area contributed by atoms with Crippen LogP contribution in [0.3, 0.4) is 0 Å². The van der Waals surface area contributed by atoms with Crippen molar-refractivity contribution in [1.82, 2.24) is 0 Å². The standard InChI is InChI=1S/C9H10O4/c1-7-2-4-8(5-3-7)13-9(11)12-6-10/h2-6,9,11H,1H3. The summed E-state index contributed by atoms with van der Waals surface area (Å²) in [6, 6.07) is 6.99. The zero-order chi connectivity index (χ0) is 9.68. The smallest absolute Gasteiger partial charge is 0.360 e. The van der Waals surface area contributed by atoms with Gasteiger partial charge in [0.2, 0.25) is 0 Å². The van der Waals surface area contributed by atoms with Crippen LogP contribution >= 0.6 is 0 Å². The number of hydrogen-bond donors (Lipinski definition) is 1. The van der Waals surface area contributed by atoms with Crippen LogP contribution < -0.4 is 4.74 Å². The Kier molecular flexibility index (Phi) is 3.28. The first-order valence-electron chi connectivity index (χ1n) is 3.73. The molecule has 1 rings (SSSR count). The summed E-state index contributed by atoms with van der Waals surface area (Å²) >= 11 is 0. The molecule has 1 N–H and O–H groups in total. The molecule has 1 atom stereocenters. The molecule has 0 aliphatic heterocycles. The Balaban J connectivity index is 2.53. The monoisotopic (exact) mass is 182 g/mol. The van der Waals surface area contributed by atoms with Crippen LogP contribution in [-0.4, -0.2) is 18.1 Å². The maximum atomic E-state index is 9.80. The third-order valence-electron chi connectivity index (χ3n) is 1.43. The molecule has 0 fully saturated rings. The Morgan fingerprint density at radius 1 is 1.38 bits per heavy atom. The van der Waals surface area contributed by atoms with E-state index in [1.54, 1.807) is 12.1 Å². The van der Waals surface area contributed by atoms with E-state index in [4.69, 9.17) is 9.84 Å². The number of aliphatic hydroxyl groups is 1. The molecule has 1 unspecified atom stereocenters. The van der Waals surface area contributed by atoms with Gasteiger partial charge >= 0.3 is 6.48 Å². The average molecular weight is 182 g/mol. The summed E-state index contributed by atoms with van der Waals surface area (Å²) in [5.41, 5.74) is 1.08. The van der Waals surface area contributed by atoms with E-state index in [0.29, 0.717) is 5.75 Å². The third kappa shape index (κ3) is 3.13. The van der Waals surface area contributed by atoms with Crippen molar-refractivity contribution in [2.75, 3.05) is 0 Å². The highest BCUT2D eigenvalue weighted by molar-refractivity contribution is 5.37. The molecule has 0 aromatic heterocycles. The Bertz CT molecular complexity index is 267. The Morgan fingerprint density at radius 3 is 2.54 bits per heavy atom. The zero-order valence-electron chi connectivity index (χ0n) is 7.14. The summed E-state index contributed by atoms with van der Waals surface area (Å²) in [6.45, 7) is 0.515. The van der Waals surface area contributed by atoms with E-state index in [1.807, 2.05) is 19.1 Å². The molecule has 4 nitrogen and oxygen atoms in total. The van der Waals surface area contributed by atoms with Crippen LogP contribution in [0.25, 0.3) is 0 Å². The summed E-state index contributed by atoms with van der Waals surface area (Å²) in [6.07, 6.45) is 0. The molecule has 13 heavy (non-hydrogen) atoms. The fraction of sp³-hybridized carbons (Fsp3) is 0.222. The Hall–Kier alpha value is -1.55. The van der Waals surface area contributed by atoms with Crippen LogP contribution in [-0.2, 0) is 9.53 Å². The summed E-state index contributed by atoms with van der Waals surface area (Å²) in [4.78, 5) is 9.80. The second kappa shape index (κ2) is 4.47. The molecule has 4 heteroatoms. The maximum absolute atomic E-state index is 9.80. The van der Waals surface area contributed by atoms with Gasteiger partial charge in [-0.3, -0.25) is 4.79 Å². The number of benzene rings is 1. The molecule has 0 spiro atoms. The topological polar surface area (TPSA) is 55.8 Å². The summed E-state index contributed by atoms with van der Waals surface area (Å²) in [7, 11) is 0. The molecule has 0 amide bonds. The Morgan fingerprint density at radius 2 is 2.00 bits per heavy atom. The van der Waals surface area contributed by atoms with Crippen molar-refractivity contribution in [2.45, 2.75) is 13.4 Å². The fourth-order valence-electron chi connectivity index (χ4n) is 0.809. The predicted octanol–water partition coefficient (Wildman–Crippen LogP) is 0.823. The molecule has 0 radical (unpaired) electrons. The van der Waals surface area contributed by atoms with Crippen LogP contribution in [0.5, 0.6) is 5.75 Å². The molecule has 0 saturated carbocycles. The SMILES string of the molecule is Cc1ccc(OC(O)OC=O)cc1. The van der Waals surface area contributed by atoms with E-state index >= 15 is 0 Å². The highest BCUT2D eigenvalue weighted by atomic mass is 16.8. The van der Waals surface area contributed by atoms with Crippen molar-refractivity contribution in [3.63, 3.8) is 0 Å². The molecule has 1 aromatic rings. The maximum Gasteiger partial charge on any atom is 0.360 e. The first-order valence-corrected chi connectivity index (χ1v) is 3.73. The third-order valence-corrected chi connectivity index (χ3v) is 1.43. The van der Waals surface area contributed by atoms with Gasteiger partial charge in [0.15, 0.2) is 0 Å². The lowest BCUT2D eigenvalue weighted by Gasteiger charge is -2.10. The highest BCUT2D eigenvalue weighted by Gasteiger charge is 2.03. The number of rotatable bonds is 4. The summed E-state index contributed by atoms with van der Waals surface area (Å²) in [5.74, 6) is 0.444. The second-order valence-corrected chi connectivity index (χ2v) is 2.47. The number of aryl methyl sites for hydroxylation is 1. The molecule has 0 aliphatic rings. The van der Waals surface area contributed by atoms with Gasteiger partial charge in [-0.15, -0.1) is 0 Å². The average Bonchev–Trinajstić information content (AvgIpc) is 2.09. The lowest BCUT2D eigenvalue weighted by atomic mass is 10.2. The van der Waals surface area contributed by atoms with Crippen molar-refractivity contribution < 1.29 is 19.4 Å². The molecule has 0 bridgehead atoms. The first kappa shape index (κ1) is 9.54. The highest BCUT2D eigenvalue weighted by Crippen LogP contribution is 2.12. The number of carbonyl (C=O) groups excluding carboxylic acids is 1. The fourth-order valence-corrected chi connectivity index (χ4v) is 0.809. The van der Waals surface area contributed by atoms with Crippen LogP contribution in [0.1, 0.15) is 5.56 Å². The number of aliphatic hydroxyl groups excluding tert-OH is 1. The lowest BCUT2D eigenvalue weighted by molar-refractivity contribution is -0.205. The number of ether oxygens (including phenoxy) is 2. The van der Waals surface area contributed by atoms with Gasteiger partial charge < -0.3 is 14.6 Å². The normalized spacial score (nSPS) is 11.8. The van der Waals surface area contributed by atoms with Gasteiger partial charge in [0.25, 0.3) is 6.47 Å². The Labute approximate surface area is 75.7 Å². The molecular formula is C9H10O4. The molecule has 0 heterocycles. The van der Waals surface area contributed by atoms with Crippen molar-refractivity contribution in [2.24, 2.45) is 0 Å². The molecule has 1 aromatic carbocycles. The number of carbonyl (C=O) groups is 1. The minimum Gasteiger partial charge on any atom is -0.432 e. The van der Waals surface area contributed by atoms with E-state index in [2.05, 4.69) is 4.74 Å². The van der Waals surface area contributed by atoms with E-state index in [-0.39, 0.29) is 6.47 Å². The molecule has 0 saturated heterocycles. The largest absolute Gasteiger partial charge is 0.432 e. The van der Waals surface area contributed by atoms with Crippen LogP contribution in [0.2, 0.25) is 0 Å². The van der Waals surface area contributed by atoms with Gasteiger partial charge in [0, 0.05) is 0 Å².